The maximum absolute atomic E-state index is 13.0. The molecule has 0 unspecified atom stereocenters. The highest BCUT2D eigenvalue weighted by Gasteiger charge is 2.32. The molecule has 0 spiro atoms. The number of pyridine rings is 9. The van der Waals surface area contributed by atoms with E-state index in [-0.39, 0.29) is 109 Å². The zero-order chi connectivity index (χ0) is 86.5. The normalized spacial score (nSPS) is 11.3. The number of halogens is 9. The maximum atomic E-state index is 13.0. The molecule has 0 N–H and O–H groups in total. The van der Waals surface area contributed by atoms with E-state index in [0.29, 0.717) is 27.7 Å². The first-order chi connectivity index (χ1) is 50.9. The molecule has 652 valence electrons. The molecule has 0 saturated heterocycles. The highest BCUT2D eigenvalue weighted by atomic mass is 35.5. The second kappa shape index (κ2) is 50.8. The maximum Gasteiger partial charge on any atom is 0.416 e. The Balaban J connectivity index is -0.000000396. The van der Waals surface area contributed by atoms with Crippen LogP contribution in [0.3, 0.4) is 0 Å². The van der Waals surface area contributed by atoms with Crippen LogP contribution < -0.4 is 0 Å². The van der Waals surface area contributed by atoms with Crippen LogP contribution in [0.5, 0.6) is 0 Å². The summed E-state index contributed by atoms with van der Waals surface area (Å²) in [5.41, 5.74) is 11.0. The minimum atomic E-state index is -4.29. The van der Waals surface area contributed by atoms with Gasteiger partial charge in [-0.3, -0.25) is 39.9 Å². The Morgan fingerprint density at radius 3 is 1.02 bits per heavy atom. The lowest BCUT2D eigenvalue weighted by molar-refractivity contribution is -0.137. The van der Waals surface area contributed by atoms with Crippen molar-refractivity contribution in [1.82, 2.24) is 44.9 Å². The monoisotopic (exact) mass is 1680 g/mol. The molecule has 0 fully saturated rings. The second-order valence-electron chi connectivity index (χ2n) is 37.3. The van der Waals surface area contributed by atoms with Gasteiger partial charge in [-0.25, -0.2) is 18.2 Å². The molecule has 0 saturated carbocycles. The Kier molecular flexibility index (Phi) is 51.1. The smallest absolute Gasteiger partial charge is 0.264 e. The molecule has 0 amide bonds. The molecule has 0 radical (unpaired) electrons. The van der Waals surface area contributed by atoms with Crippen LogP contribution in [0.15, 0.2) is 195 Å². The van der Waals surface area contributed by atoms with Gasteiger partial charge in [-0.05, 0) is 161 Å². The average molecular weight is 1680 g/mol. The van der Waals surface area contributed by atoms with Crippen LogP contribution in [0, 0.1) is 31.3 Å². The molecule has 0 aliphatic carbocycles. The van der Waals surface area contributed by atoms with Crippen molar-refractivity contribution in [3.63, 3.8) is 0 Å². The third-order valence-corrected chi connectivity index (χ3v) is 16.7. The van der Waals surface area contributed by atoms with E-state index in [9.17, 15) is 26.3 Å². The molecule has 9 heterocycles. The molecule has 9 nitrogen and oxygen atoms in total. The lowest BCUT2D eigenvalue weighted by Gasteiger charge is -2.18. The van der Waals surface area contributed by atoms with Gasteiger partial charge in [-0.1, -0.05) is 310 Å². The van der Waals surface area contributed by atoms with Crippen LogP contribution in [0.2, 0.25) is 15.2 Å². The minimum Gasteiger partial charge on any atom is -0.264 e. The number of hydrogen-bond acceptors (Lipinski definition) is 9. The van der Waals surface area contributed by atoms with Gasteiger partial charge in [-0.2, -0.15) is 13.2 Å². The van der Waals surface area contributed by atoms with Gasteiger partial charge in [0.25, 0.3) is 0 Å². The van der Waals surface area contributed by atoms with Crippen LogP contribution in [0.25, 0.3) is 0 Å². The number of hydrogen-bond donors (Lipinski definition) is 0. The van der Waals surface area contributed by atoms with Crippen molar-refractivity contribution in [3.05, 3.63) is 301 Å². The van der Waals surface area contributed by atoms with Crippen LogP contribution in [-0.2, 0) is 60.3 Å². The highest BCUT2D eigenvalue weighted by molar-refractivity contribution is 6.31. The third-order valence-electron chi connectivity index (χ3n) is 16.0. The van der Waals surface area contributed by atoms with Gasteiger partial charge in [0.15, 0.2) is 0 Å². The number of rotatable bonds is 0. The Bertz CT molecular complexity index is 3900. The molecule has 0 bridgehead atoms. The highest BCUT2D eigenvalue weighted by Crippen LogP contribution is 2.33. The van der Waals surface area contributed by atoms with Crippen LogP contribution in [0.4, 0.5) is 26.3 Å². The zero-order valence-electron chi connectivity index (χ0n) is 72.9. The van der Waals surface area contributed by atoms with E-state index in [4.69, 9.17) is 34.8 Å². The van der Waals surface area contributed by atoms with Crippen LogP contribution >= 0.6 is 34.8 Å². The predicted octanol–water partition coefficient (Wildman–Crippen LogP) is 31.6. The summed E-state index contributed by atoms with van der Waals surface area (Å²) in [6, 6.07) is 42.0. The summed E-state index contributed by atoms with van der Waals surface area (Å²) in [6.45, 7) is 66.1. The molecular weight excluding hydrogens is 1540 g/mol. The number of aromatic nitrogens is 9. The van der Waals surface area contributed by atoms with Gasteiger partial charge in [0.1, 0.15) is 22.6 Å². The molecule has 0 aliphatic rings. The van der Waals surface area contributed by atoms with Crippen molar-refractivity contribution in [2.75, 3.05) is 0 Å². The summed E-state index contributed by atoms with van der Waals surface area (Å²) in [4.78, 5) is 36.7. The number of aryl methyl sites for hydroxylation is 2. The average Bonchev–Trinajstić information content (AvgIpc) is 0.833. The molecule has 0 atom stereocenters. The Morgan fingerprint density at radius 2 is 0.684 bits per heavy atom. The fraction of sp³-hybridized carbons (Fsp3) is 0.485. The van der Waals surface area contributed by atoms with E-state index in [1.165, 1.54) is 41.9 Å². The van der Waals surface area contributed by atoms with E-state index in [1.807, 2.05) is 164 Å². The van der Waals surface area contributed by atoms with Crippen molar-refractivity contribution in [2.24, 2.45) is 0 Å². The summed E-state index contributed by atoms with van der Waals surface area (Å²) < 4.78 is 76.1. The van der Waals surface area contributed by atoms with Gasteiger partial charge in [0, 0.05) is 138 Å². The summed E-state index contributed by atoms with van der Waals surface area (Å²) >= 11 is 17.4. The molecule has 18 heteroatoms. The lowest BCUT2D eigenvalue weighted by atomic mass is 9.87. The van der Waals surface area contributed by atoms with Gasteiger partial charge < -0.3 is 0 Å². The summed E-state index contributed by atoms with van der Waals surface area (Å²) in [6.07, 6.45) is 9.87. The fourth-order valence-corrected chi connectivity index (χ4v) is 9.76. The van der Waals surface area contributed by atoms with Crippen LogP contribution in [0.1, 0.15) is 318 Å². The van der Waals surface area contributed by atoms with E-state index < -0.39 is 11.7 Å². The molecule has 9 aromatic heterocycles. The van der Waals surface area contributed by atoms with E-state index in [2.05, 4.69) is 206 Å². The van der Waals surface area contributed by atoms with E-state index >= 15 is 0 Å². The summed E-state index contributed by atoms with van der Waals surface area (Å²) in [7, 11) is 0. The Labute approximate surface area is 721 Å². The van der Waals surface area contributed by atoms with Crippen molar-refractivity contribution in [2.45, 2.75) is 319 Å². The number of benzene rings is 1. The van der Waals surface area contributed by atoms with E-state index in [0.717, 1.165) is 56.3 Å². The summed E-state index contributed by atoms with van der Waals surface area (Å²) in [5.74, 6) is -0.618. The van der Waals surface area contributed by atoms with Crippen molar-refractivity contribution in [1.29, 1.82) is 0 Å². The van der Waals surface area contributed by atoms with Crippen molar-refractivity contribution >= 4 is 34.8 Å². The zero-order valence-corrected chi connectivity index (χ0v) is 75.2. The first-order valence-electron chi connectivity index (χ1n) is 37.5. The molecule has 117 heavy (non-hydrogen) atoms. The minimum absolute atomic E-state index is 0. The topological polar surface area (TPSA) is 116 Å². The third kappa shape index (κ3) is 48.0. The van der Waals surface area contributed by atoms with Gasteiger partial charge in [0.2, 0.25) is 0 Å². The SMILES string of the molecule is C.C.C.C.C.CC(C)(C)c1cc(C(F)(F)F)ccn1.CC(C)(C)c1cc(Cl)ccn1.CC(C)(C)c1cccc(Cl)c1.CC(C)(C)c1cccc(Cl)n1.CC(C)(C)c1ccccn1.CC(C)(C)c1ccncc1F.CC(C)(C)c1cnccc1F.CC(C)(C)c1ncccc1F.Cc1cc(C(C)(C)C)ccn1.Cc1cccc(C(C)(C)C)n1. The largest absolute Gasteiger partial charge is 0.416 e. The quantitative estimate of drug-likeness (QED) is 0.108. The number of alkyl halides is 3. The van der Waals surface area contributed by atoms with Gasteiger partial charge >= 0.3 is 6.18 Å². The predicted molar refractivity (Wildman–Crippen MR) is 495 cm³/mol. The standard InChI is InChI=1S/C10H13Cl.C10H12F3N.2C10H15N.2C9H12ClN.3C9H12FN.C9H13N.5CH4/c1-10(2,3)8-5-4-6-9(11)7-8;1-9(2,3)8-6-7(4-5-14-8)10(11,12)13;1-8-7-9(5-6-11-8)10(2,3)4;1-8-6-5-7-9(11-8)10(2,3)4;1-9(2,3)8-6-7(10)4-5-11-8;1-9(2,3)7-5-4-6-8(10)11-7;1-9(2,3)7-6-11-5-4-8(7)10;1-9(2,3)7-4-5-11-6-8(7)10;1-9(2,3)8-7(10)5-4-6-11-8;1-9(2,3)8-6-4-5-7-10-8;;;;;/h4-7H,1-3H3;4-6H,1-3H3;2*5-7H,1-4H3;5*4-6H,1-3H3;4-7H,1-3H3;5*1H4. The lowest BCUT2D eigenvalue weighted by Crippen LogP contribution is -2.15. The second-order valence-corrected chi connectivity index (χ2v) is 38.5. The van der Waals surface area contributed by atoms with Crippen LogP contribution in [-0.4, -0.2) is 44.9 Å². The molecular formula is C99H148Cl3F6N9. The molecule has 1 aromatic carbocycles. The van der Waals surface area contributed by atoms with Crippen molar-refractivity contribution < 1.29 is 26.3 Å². The molecule has 10 rings (SSSR count). The Morgan fingerprint density at radius 1 is 0.265 bits per heavy atom. The molecule has 0 aliphatic heterocycles. The fourth-order valence-electron chi connectivity index (χ4n) is 9.24. The van der Waals surface area contributed by atoms with Crippen molar-refractivity contribution in [3.8, 4) is 0 Å². The first-order valence-corrected chi connectivity index (χ1v) is 38.6. The number of nitrogens with zero attached hydrogens (tertiary/aromatic N) is 9. The molecule has 10 aromatic rings. The van der Waals surface area contributed by atoms with Gasteiger partial charge in [-0.15, -0.1) is 0 Å². The summed E-state index contributed by atoms with van der Waals surface area (Å²) in [5, 5.41) is 2.14. The Hall–Kier alpha value is -7.98. The van der Waals surface area contributed by atoms with E-state index in [1.54, 1.807) is 49.1 Å². The van der Waals surface area contributed by atoms with Gasteiger partial charge in [0.05, 0.1) is 17.5 Å². The first kappa shape index (κ1) is 118.